The van der Waals surface area contributed by atoms with E-state index in [2.05, 4.69) is 5.32 Å². The Morgan fingerprint density at radius 1 is 1.10 bits per heavy atom. The zero-order valence-electron chi connectivity index (χ0n) is 17.4. The van der Waals surface area contributed by atoms with Gasteiger partial charge in [0.25, 0.3) is 5.91 Å². The van der Waals surface area contributed by atoms with Gasteiger partial charge in [0.1, 0.15) is 11.8 Å². The molecule has 2 rings (SSSR count). The van der Waals surface area contributed by atoms with Crippen LogP contribution in [0.1, 0.15) is 38.3 Å². The molecule has 1 N–H and O–H groups in total. The minimum Gasteiger partial charge on any atom is -0.482 e. The molecule has 0 aromatic heterocycles. The predicted octanol–water partition coefficient (Wildman–Crippen LogP) is 4.36. The first-order valence-electron chi connectivity index (χ1n) is 9.85. The second-order valence-corrected chi connectivity index (χ2v) is 7.57. The molecule has 5 nitrogen and oxygen atoms in total. The van der Waals surface area contributed by atoms with Gasteiger partial charge in [-0.2, -0.15) is 0 Å². The van der Waals surface area contributed by atoms with Gasteiger partial charge >= 0.3 is 0 Å². The van der Waals surface area contributed by atoms with Gasteiger partial charge in [0, 0.05) is 12.6 Å². The monoisotopic (exact) mass is 416 g/mol. The summed E-state index contributed by atoms with van der Waals surface area (Å²) in [5, 5.41) is 3.39. The largest absolute Gasteiger partial charge is 0.482 e. The summed E-state index contributed by atoms with van der Waals surface area (Å²) in [6.45, 7) is 7.80. The third-order valence-corrected chi connectivity index (χ3v) is 5.27. The summed E-state index contributed by atoms with van der Waals surface area (Å²) in [6.07, 6.45) is 0.819. The van der Waals surface area contributed by atoms with E-state index in [9.17, 15) is 9.59 Å². The van der Waals surface area contributed by atoms with E-state index in [1.165, 1.54) is 0 Å². The average molecular weight is 417 g/mol. The molecular formula is C23H29ClN2O3. The van der Waals surface area contributed by atoms with E-state index in [-0.39, 0.29) is 24.5 Å². The lowest BCUT2D eigenvalue weighted by Gasteiger charge is -2.30. The highest BCUT2D eigenvalue weighted by atomic mass is 35.5. The van der Waals surface area contributed by atoms with Crippen molar-refractivity contribution in [2.45, 2.75) is 52.7 Å². The van der Waals surface area contributed by atoms with Gasteiger partial charge in [0.15, 0.2) is 6.61 Å². The standard InChI is InChI=1S/C23H29ClN2O3/c1-5-17(3)25-23(28)18(4)26(14-19-11-7-6-10-16(19)2)22(27)15-29-21-13-9-8-12-20(21)24/h6-13,17-18H,5,14-15H2,1-4H3,(H,25,28). The number of para-hydroxylation sites is 1. The first-order valence-corrected chi connectivity index (χ1v) is 10.2. The van der Waals surface area contributed by atoms with Gasteiger partial charge in [-0.05, 0) is 50.5 Å². The number of nitrogens with zero attached hydrogens (tertiary/aromatic N) is 1. The van der Waals surface area contributed by atoms with Crippen LogP contribution in [-0.2, 0) is 16.1 Å². The van der Waals surface area contributed by atoms with Gasteiger partial charge in [-0.25, -0.2) is 0 Å². The summed E-state index contributed by atoms with van der Waals surface area (Å²) in [5.74, 6) is -0.0194. The van der Waals surface area contributed by atoms with E-state index in [0.717, 1.165) is 17.5 Å². The van der Waals surface area contributed by atoms with Crippen LogP contribution in [0.2, 0.25) is 5.02 Å². The first-order chi connectivity index (χ1) is 13.8. The number of hydrogen-bond acceptors (Lipinski definition) is 3. The van der Waals surface area contributed by atoms with Crippen molar-refractivity contribution in [3.05, 3.63) is 64.7 Å². The molecule has 0 radical (unpaired) electrons. The van der Waals surface area contributed by atoms with Gasteiger partial charge in [-0.3, -0.25) is 9.59 Å². The van der Waals surface area contributed by atoms with E-state index in [1.54, 1.807) is 36.1 Å². The quantitative estimate of drug-likeness (QED) is 0.660. The van der Waals surface area contributed by atoms with Crippen LogP contribution in [0.3, 0.4) is 0 Å². The maximum atomic E-state index is 13.0. The van der Waals surface area contributed by atoms with E-state index in [4.69, 9.17) is 16.3 Å². The Morgan fingerprint density at radius 3 is 2.41 bits per heavy atom. The van der Waals surface area contributed by atoms with Crippen molar-refractivity contribution in [1.29, 1.82) is 0 Å². The Hall–Kier alpha value is -2.53. The molecule has 0 heterocycles. The second-order valence-electron chi connectivity index (χ2n) is 7.16. The van der Waals surface area contributed by atoms with Crippen molar-refractivity contribution in [3.63, 3.8) is 0 Å². The smallest absolute Gasteiger partial charge is 0.261 e. The summed E-state index contributed by atoms with van der Waals surface area (Å²) in [6, 6.07) is 14.2. The molecule has 6 heteroatoms. The zero-order chi connectivity index (χ0) is 21.4. The predicted molar refractivity (Wildman–Crippen MR) is 116 cm³/mol. The number of benzene rings is 2. The van der Waals surface area contributed by atoms with Crippen LogP contribution < -0.4 is 10.1 Å². The summed E-state index contributed by atoms with van der Waals surface area (Å²) in [5.41, 5.74) is 2.05. The molecule has 156 valence electrons. The SMILES string of the molecule is CCC(C)NC(=O)C(C)N(Cc1ccccc1C)C(=O)COc1ccccc1Cl. The van der Waals surface area contributed by atoms with Crippen LogP contribution in [0.4, 0.5) is 0 Å². The van der Waals surface area contributed by atoms with Crippen molar-refractivity contribution in [2.75, 3.05) is 6.61 Å². The van der Waals surface area contributed by atoms with Crippen molar-refractivity contribution < 1.29 is 14.3 Å². The van der Waals surface area contributed by atoms with Crippen molar-refractivity contribution in [3.8, 4) is 5.75 Å². The van der Waals surface area contributed by atoms with Crippen molar-refractivity contribution in [1.82, 2.24) is 10.2 Å². The van der Waals surface area contributed by atoms with Gasteiger partial charge in [0.05, 0.1) is 5.02 Å². The van der Waals surface area contributed by atoms with Gasteiger partial charge in [-0.15, -0.1) is 0 Å². The Morgan fingerprint density at radius 2 is 1.76 bits per heavy atom. The van der Waals surface area contributed by atoms with Crippen LogP contribution in [0.5, 0.6) is 5.75 Å². The fraction of sp³-hybridized carbons (Fsp3) is 0.391. The Bertz CT molecular complexity index is 840. The minimum absolute atomic E-state index is 0.0414. The average Bonchev–Trinajstić information content (AvgIpc) is 2.71. The molecule has 2 aromatic rings. The Balaban J connectivity index is 2.18. The number of nitrogens with one attached hydrogen (secondary N) is 1. The maximum absolute atomic E-state index is 13.0. The van der Waals surface area contributed by atoms with Crippen LogP contribution in [0.15, 0.2) is 48.5 Å². The number of amides is 2. The highest BCUT2D eigenvalue weighted by Crippen LogP contribution is 2.23. The molecule has 0 saturated heterocycles. The van der Waals surface area contributed by atoms with Crippen LogP contribution >= 0.6 is 11.6 Å². The van der Waals surface area contributed by atoms with E-state index in [1.807, 2.05) is 45.0 Å². The third kappa shape index (κ3) is 6.50. The van der Waals surface area contributed by atoms with Crippen molar-refractivity contribution >= 4 is 23.4 Å². The lowest BCUT2D eigenvalue weighted by molar-refractivity contribution is -0.142. The van der Waals surface area contributed by atoms with Crippen LogP contribution in [0, 0.1) is 6.92 Å². The number of rotatable bonds is 9. The molecule has 2 unspecified atom stereocenters. The molecule has 0 saturated carbocycles. The van der Waals surface area contributed by atoms with E-state index < -0.39 is 6.04 Å². The zero-order valence-corrected chi connectivity index (χ0v) is 18.2. The summed E-state index contributed by atoms with van der Waals surface area (Å²) in [4.78, 5) is 27.3. The number of carbonyl (C=O) groups excluding carboxylic acids is 2. The fourth-order valence-electron chi connectivity index (χ4n) is 2.80. The molecule has 0 aliphatic carbocycles. The summed E-state index contributed by atoms with van der Waals surface area (Å²) >= 11 is 6.11. The molecule has 0 aliphatic heterocycles. The highest BCUT2D eigenvalue weighted by Gasteiger charge is 2.27. The van der Waals surface area contributed by atoms with Gasteiger partial charge in [-0.1, -0.05) is 54.9 Å². The Kier molecular flexibility index (Phi) is 8.52. The first kappa shape index (κ1) is 22.8. The van der Waals surface area contributed by atoms with Crippen LogP contribution in [-0.4, -0.2) is 35.4 Å². The molecule has 2 aromatic carbocycles. The molecule has 0 spiro atoms. The molecule has 2 atom stereocenters. The lowest BCUT2D eigenvalue weighted by atomic mass is 10.1. The van der Waals surface area contributed by atoms with Gasteiger partial charge < -0.3 is 15.0 Å². The topological polar surface area (TPSA) is 58.6 Å². The molecule has 0 bridgehead atoms. The number of halogens is 1. The highest BCUT2D eigenvalue weighted by molar-refractivity contribution is 6.32. The normalized spacial score (nSPS) is 12.7. The Labute approximate surface area is 178 Å². The van der Waals surface area contributed by atoms with Gasteiger partial charge in [0.2, 0.25) is 5.91 Å². The van der Waals surface area contributed by atoms with Crippen molar-refractivity contribution in [2.24, 2.45) is 0 Å². The molecule has 2 amide bonds. The van der Waals surface area contributed by atoms with E-state index in [0.29, 0.717) is 17.3 Å². The molecule has 0 aliphatic rings. The lowest BCUT2D eigenvalue weighted by Crippen LogP contribution is -2.50. The number of aryl methyl sites for hydroxylation is 1. The summed E-state index contributed by atoms with van der Waals surface area (Å²) < 4.78 is 5.62. The number of carbonyl (C=O) groups is 2. The number of ether oxygens (including phenoxy) is 1. The maximum Gasteiger partial charge on any atom is 0.261 e. The third-order valence-electron chi connectivity index (χ3n) is 4.96. The second kappa shape index (κ2) is 10.9. The van der Waals surface area contributed by atoms with Crippen LogP contribution in [0.25, 0.3) is 0 Å². The minimum atomic E-state index is -0.633. The summed E-state index contributed by atoms with van der Waals surface area (Å²) in [7, 11) is 0. The molecule has 0 fully saturated rings. The fourth-order valence-corrected chi connectivity index (χ4v) is 2.99. The molecule has 29 heavy (non-hydrogen) atoms. The van der Waals surface area contributed by atoms with E-state index >= 15 is 0 Å². The number of hydrogen-bond donors (Lipinski definition) is 1. The molecular weight excluding hydrogens is 388 g/mol.